The maximum Gasteiger partial charge on any atom is 0.238 e. The van der Waals surface area contributed by atoms with E-state index in [9.17, 15) is 14.0 Å². The molecule has 2 heterocycles. The fourth-order valence-electron chi connectivity index (χ4n) is 4.80. The molecule has 0 radical (unpaired) electrons. The van der Waals surface area contributed by atoms with E-state index in [1.807, 2.05) is 54.6 Å². The lowest BCUT2D eigenvalue weighted by Gasteiger charge is -2.27. The van der Waals surface area contributed by atoms with Crippen molar-refractivity contribution in [3.05, 3.63) is 89.7 Å². The van der Waals surface area contributed by atoms with Gasteiger partial charge in [0.2, 0.25) is 11.8 Å². The highest BCUT2D eigenvalue weighted by atomic mass is 19.1. The van der Waals surface area contributed by atoms with Crippen LogP contribution in [0.2, 0.25) is 0 Å². The van der Waals surface area contributed by atoms with E-state index in [1.165, 1.54) is 12.1 Å². The smallest absolute Gasteiger partial charge is 0.238 e. The van der Waals surface area contributed by atoms with Crippen LogP contribution in [0.25, 0.3) is 0 Å². The first-order valence-corrected chi connectivity index (χ1v) is 12.5. The topological polar surface area (TPSA) is 77.0 Å². The predicted molar refractivity (Wildman–Crippen MR) is 144 cm³/mol. The van der Waals surface area contributed by atoms with Crippen LogP contribution in [-0.4, -0.2) is 62.2 Å². The Labute approximate surface area is 216 Å². The van der Waals surface area contributed by atoms with E-state index >= 15 is 0 Å². The van der Waals surface area contributed by atoms with Crippen molar-refractivity contribution < 1.29 is 14.0 Å². The minimum Gasteiger partial charge on any atom is -0.325 e. The molecule has 2 N–H and O–H groups in total. The molecule has 0 aliphatic carbocycles. The van der Waals surface area contributed by atoms with Gasteiger partial charge in [0.15, 0.2) is 0 Å². The Kier molecular flexibility index (Phi) is 7.39. The van der Waals surface area contributed by atoms with Crippen LogP contribution in [0, 0.1) is 5.82 Å². The number of carbonyl (C=O) groups excluding carboxylic acids is 2. The number of piperazine rings is 1. The summed E-state index contributed by atoms with van der Waals surface area (Å²) in [6, 6.07) is 21.3. The number of halogens is 1. The number of aliphatic imine (C=N–C) groups is 1. The minimum absolute atomic E-state index is 0.0613. The van der Waals surface area contributed by atoms with Crippen LogP contribution in [0.1, 0.15) is 23.5 Å². The van der Waals surface area contributed by atoms with Crippen molar-refractivity contribution in [1.29, 1.82) is 0 Å². The molecule has 1 atom stereocenters. The molecule has 3 aromatic rings. The summed E-state index contributed by atoms with van der Waals surface area (Å²) in [4.78, 5) is 34.6. The molecule has 37 heavy (non-hydrogen) atoms. The zero-order valence-corrected chi connectivity index (χ0v) is 20.8. The van der Waals surface area contributed by atoms with Gasteiger partial charge in [-0.05, 0) is 47.5 Å². The number of anilines is 2. The summed E-state index contributed by atoms with van der Waals surface area (Å²) < 4.78 is 13.8. The average molecular weight is 500 g/mol. The standard InChI is InChI=1S/C29H30FN5O2/c1-34(26(36)13-16-35-17-14-31-15-18-35)23-10-8-22(9-11-23)32-28(20-5-3-2-4-6-20)27-24-12-7-21(30)19-25(24)33-29(27)37/h2-12,19,27,31H,13-18H2,1H3,(H,33,37). The molecule has 190 valence electrons. The van der Waals surface area contributed by atoms with Crippen LogP contribution < -0.4 is 15.5 Å². The van der Waals surface area contributed by atoms with Crippen molar-refractivity contribution in [1.82, 2.24) is 10.2 Å². The molecule has 0 spiro atoms. The van der Waals surface area contributed by atoms with E-state index in [-0.39, 0.29) is 11.8 Å². The van der Waals surface area contributed by atoms with E-state index in [0.717, 1.165) is 44.0 Å². The Morgan fingerprint density at radius 2 is 1.78 bits per heavy atom. The van der Waals surface area contributed by atoms with Crippen molar-refractivity contribution in [3.63, 3.8) is 0 Å². The van der Waals surface area contributed by atoms with Gasteiger partial charge in [0, 0.05) is 57.6 Å². The van der Waals surface area contributed by atoms with E-state index in [4.69, 9.17) is 4.99 Å². The van der Waals surface area contributed by atoms with E-state index < -0.39 is 11.7 Å². The third-order valence-electron chi connectivity index (χ3n) is 6.90. The second-order valence-electron chi connectivity index (χ2n) is 9.33. The molecule has 2 aliphatic rings. The van der Waals surface area contributed by atoms with Crippen molar-refractivity contribution >= 4 is 34.6 Å². The third kappa shape index (κ3) is 5.60. The van der Waals surface area contributed by atoms with Gasteiger partial charge in [-0.1, -0.05) is 36.4 Å². The van der Waals surface area contributed by atoms with Gasteiger partial charge in [-0.2, -0.15) is 0 Å². The van der Waals surface area contributed by atoms with Crippen LogP contribution in [-0.2, 0) is 9.59 Å². The summed E-state index contributed by atoms with van der Waals surface area (Å²) >= 11 is 0. The summed E-state index contributed by atoms with van der Waals surface area (Å²) in [6.45, 7) is 4.60. The molecular weight excluding hydrogens is 469 g/mol. The number of benzene rings is 3. The molecular formula is C29H30FN5O2. The number of carbonyl (C=O) groups is 2. The maximum atomic E-state index is 13.8. The van der Waals surface area contributed by atoms with E-state index in [2.05, 4.69) is 15.5 Å². The molecule has 7 nitrogen and oxygen atoms in total. The normalized spacial score (nSPS) is 17.8. The second kappa shape index (κ2) is 11.0. The van der Waals surface area contributed by atoms with Crippen LogP contribution in [0.5, 0.6) is 0 Å². The SMILES string of the molecule is CN(C(=O)CCN1CCNCC1)c1ccc(N=C(c2ccccc2)C2C(=O)Nc3cc(F)ccc32)cc1. The number of hydrogen-bond acceptors (Lipinski definition) is 5. The number of hydrogen-bond donors (Lipinski definition) is 2. The lowest BCUT2D eigenvalue weighted by molar-refractivity contribution is -0.118. The molecule has 1 fully saturated rings. The van der Waals surface area contributed by atoms with Gasteiger partial charge in [0.05, 0.1) is 11.4 Å². The first-order chi connectivity index (χ1) is 18.0. The molecule has 1 saturated heterocycles. The predicted octanol–water partition coefficient (Wildman–Crippen LogP) is 3.94. The molecule has 2 aliphatic heterocycles. The van der Waals surface area contributed by atoms with E-state index in [0.29, 0.717) is 29.1 Å². The van der Waals surface area contributed by atoms with Crippen molar-refractivity contribution in [2.75, 3.05) is 50.0 Å². The first-order valence-electron chi connectivity index (χ1n) is 12.5. The van der Waals surface area contributed by atoms with Gasteiger partial charge in [-0.25, -0.2) is 4.39 Å². The summed E-state index contributed by atoms with van der Waals surface area (Å²) in [5.41, 5.74) is 3.99. The number of nitrogens with one attached hydrogen (secondary N) is 2. The summed E-state index contributed by atoms with van der Waals surface area (Å²) in [7, 11) is 1.78. The highest BCUT2D eigenvalue weighted by Gasteiger charge is 2.35. The summed E-state index contributed by atoms with van der Waals surface area (Å²) in [6.07, 6.45) is 0.464. The van der Waals surface area contributed by atoms with Crippen molar-refractivity contribution in [2.45, 2.75) is 12.3 Å². The first kappa shape index (κ1) is 24.8. The van der Waals surface area contributed by atoms with Gasteiger partial charge in [0.25, 0.3) is 0 Å². The van der Waals surface area contributed by atoms with Crippen LogP contribution in [0.4, 0.5) is 21.5 Å². The highest BCUT2D eigenvalue weighted by molar-refractivity contribution is 6.24. The largest absolute Gasteiger partial charge is 0.325 e. The Hall–Kier alpha value is -3.88. The Bertz CT molecular complexity index is 1300. The zero-order valence-electron chi connectivity index (χ0n) is 20.8. The number of fused-ring (bicyclic) bond motifs is 1. The highest BCUT2D eigenvalue weighted by Crippen LogP contribution is 2.36. The Balaban J connectivity index is 1.37. The summed E-state index contributed by atoms with van der Waals surface area (Å²) in [5.74, 6) is -1.24. The molecule has 5 rings (SSSR count). The molecule has 3 aromatic carbocycles. The zero-order chi connectivity index (χ0) is 25.8. The Morgan fingerprint density at radius 1 is 1.05 bits per heavy atom. The fourth-order valence-corrected chi connectivity index (χ4v) is 4.80. The van der Waals surface area contributed by atoms with Crippen LogP contribution >= 0.6 is 0 Å². The maximum absolute atomic E-state index is 13.8. The molecule has 0 saturated carbocycles. The van der Waals surface area contributed by atoms with Gasteiger partial charge in [0.1, 0.15) is 11.7 Å². The van der Waals surface area contributed by atoms with Crippen LogP contribution in [0.3, 0.4) is 0 Å². The van der Waals surface area contributed by atoms with E-state index in [1.54, 1.807) is 18.0 Å². The lowest BCUT2D eigenvalue weighted by Crippen LogP contribution is -2.44. The Morgan fingerprint density at radius 3 is 2.51 bits per heavy atom. The quantitative estimate of drug-likeness (QED) is 0.483. The lowest BCUT2D eigenvalue weighted by atomic mass is 9.90. The molecule has 8 heteroatoms. The van der Waals surface area contributed by atoms with Crippen molar-refractivity contribution in [3.8, 4) is 0 Å². The van der Waals surface area contributed by atoms with Crippen molar-refractivity contribution in [2.24, 2.45) is 4.99 Å². The molecule has 1 unspecified atom stereocenters. The van der Waals surface area contributed by atoms with Gasteiger partial charge < -0.3 is 20.4 Å². The summed E-state index contributed by atoms with van der Waals surface area (Å²) in [5, 5.41) is 6.11. The molecule has 0 bridgehead atoms. The fraction of sp³-hybridized carbons (Fsp3) is 0.276. The molecule has 2 amide bonds. The number of rotatable bonds is 7. The minimum atomic E-state index is -0.660. The van der Waals surface area contributed by atoms with Gasteiger partial charge in [-0.15, -0.1) is 0 Å². The molecule has 0 aromatic heterocycles. The average Bonchev–Trinajstić information content (AvgIpc) is 3.25. The second-order valence-corrected chi connectivity index (χ2v) is 9.33. The number of amides is 2. The number of nitrogens with zero attached hydrogens (tertiary/aromatic N) is 3. The van der Waals surface area contributed by atoms with Gasteiger partial charge in [-0.3, -0.25) is 14.6 Å². The van der Waals surface area contributed by atoms with Gasteiger partial charge >= 0.3 is 0 Å². The van der Waals surface area contributed by atoms with Crippen LogP contribution in [0.15, 0.2) is 77.8 Å². The monoisotopic (exact) mass is 499 g/mol. The third-order valence-corrected chi connectivity index (χ3v) is 6.90.